The molecule has 0 spiro atoms. The summed E-state index contributed by atoms with van der Waals surface area (Å²) in [5.74, 6) is 2.01. The van der Waals surface area contributed by atoms with Crippen LogP contribution >= 0.6 is 0 Å². The maximum Gasteiger partial charge on any atom is 0.313 e. The largest absolute Gasteiger partial charge is 0.488 e. The molecule has 0 amide bonds. The Morgan fingerprint density at radius 1 is 1.14 bits per heavy atom. The zero-order valence-electron chi connectivity index (χ0n) is 22.0. The number of aryl methyl sites for hydroxylation is 1. The van der Waals surface area contributed by atoms with Crippen LogP contribution in [0.4, 0.5) is 5.82 Å². The smallest absolute Gasteiger partial charge is 0.313 e. The minimum atomic E-state index is -0.341. The van der Waals surface area contributed by atoms with Crippen LogP contribution in [0.25, 0.3) is 11.3 Å². The molecule has 6 heteroatoms. The van der Waals surface area contributed by atoms with Crippen molar-refractivity contribution in [3.63, 3.8) is 0 Å². The molecule has 2 aliphatic heterocycles. The van der Waals surface area contributed by atoms with E-state index in [9.17, 15) is 4.79 Å². The fraction of sp³-hybridized carbons (Fsp3) is 0.419. The van der Waals surface area contributed by atoms with Gasteiger partial charge in [-0.2, -0.15) is 0 Å². The van der Waals surface area contributed by atoms with Gasteiger partial charge in [0.2, 0.25) is 0 Å². The number of piperidine rings is 1. The third kappa shape index (κ3) is 4.37. The highest BCUT2D eigenvalue weighted by molar-refractivity contribution is 5.83. The number of carbonyl (C=O) groups excluding carboxylic acids is 1. The Labute approximate surface area is 219 Å². The number of anilines is 1. The highest BCUT2D eigenvalue weighted by Gasteiger charge is 2.66. The minimum Gasteiger partial charge on any atom is -0.488 e. The number of hydrogen-bond donors (Lipinski definition) is 1. The van der Waals surface area contributed by atoms with Crippen LogP contribution in [-0.4, -0.2) is 44.2 Å². The Morgan fingerprint density at radius 2 is 2.00 bits per heavy atom. The molecule has 0 radical (unpaired) electrons. The summed E-state index contributed by atoms with van der Waals surface area (Å²) >= 11 is 0. The number of ether oxygens (including phenoxy) is 2. The first-order chi connectivity index (χ1) is 18.0. The second-order valence-electron chi connectivity index (χ2n) is 10.8. The normalized spacial score (nSPS) is 22.1. The Balaban J connectivity index is 1.24. The second-order valence-corrected chi connectivity index (χ2v) is 10.8. The van der Waals surface area contributed by atoms with Crippen molar-refractivity contribution >= 4 is 11.8 Å². The van der Waals surface area contributed by atoms with Crippen LogP contribution in [0.3, 0.4) is 0 Å². The van der Waals surface area contributed by atoms with E-state index in [0.29, 0.717) is 19.1 Å². The Kier molecular flexibility index (Phi) is 6.15. The van der Waals surface area contributed by atoms with E-state index < -0.39 is 0 Å². The van der Waals surface area contributed by atoms with Gasteiger partial charge < -0.3 is 19.7 Å². The molecule has 3 aliphatic rings. The maximum absolute atomic E-state index is 12.3. The van der Waals surface area contributed by atoms with Gasteiger partial charge in [0.25, 0.3) is 0 Å². The lowest BCUT2D eigenvalue weighted by Crippen LogP contribution is -2.29. The Bertz CT molecular complexity index is 1350. The van der Waals surface area contributed by atoms with Gasteiger partial charge in [0.05, 0.1) is 18.2 Å². The highest BCUT2D eigenvalue weighted by atomic mass is 16.5. The summed E-state index contributed by atoms with van der Waals surface area (Å²) in [6, 6.07) is 16.9. The number of esters is 1. The molecule has 37 heavy (non-hydrogen) atoms. The second kappa shape index (κ2) is 9.49. The topological polar surface area (TPSA) is 63.7 Å². The predicted octanol–water partition coefficient (Wildman–Crippen LogP) is 4.63. The monoisotopic (exact) mass is 497 g/mol. The fourth-order valence-corrected chi connectivity index (χ4v) is 6.21. The van der Waals surface area contributed by atoms with E-state index in [0.717, 1.165) is 67.3 Å². The number of hydrogen-bond acceptors (Lipinski definition) is 6. The summed E-state index contributed by atoms with van der Waals surface area (Å²) in [5, 5.41) is 3.51. The van der Waals surface area contributed by atoms with Gasteiger partial charge in [0.15, 0.2) is 0 Å². The van der Waals surface area contributed by atoms with Crippen LogP contribution < -0.4 is 15.0 Å². The molecule has 6 rings (SSSR count). The lowest BCUT2D eigenvalue weighted by molar-refractivity contribution is -0.146. The molecule has 3 aromatic rings. The van der Waals surface area contributed by atoms with Crippen molar-refractivity contribution in [2.45, 2.75) is 39.7 Å². The SMILES string of the molecule is COC(=O)[C@]12C[C@H]1CN(c1cccc(-c3cc(C)ccc3OCc3ccc4c(c3C)CCNCC4)n1)C2. The maximum atomic E-state index is 12.3. The molecular formula is C31H35N3O3. The molecule has 1 N–H and O–H groups in total. The quantitative estimate of drug-likeness (QED) is 0.501. The van der Waals surface area contributed by atoms with E-state index in [4.69, 9.17) is 14.5 Å². The van der Waals surface area contributed by atoms with Crippen LogP contribution in [-0.2, 0) is 29.0 Å². The van der Waals surface area contributed by atoms with E-state index in [1.165, 1.54) is 29.4 Å². The summed E-state index contributed by atoms with van der Waals surface area (Å²) in [7, 11) is 1.48. The highest BCUT2D eigenvalue weighted by Crippen LogP contribution is 2.59. The van der Waals surface area contributed by atoms with Gasteiger partial charge in [-0.1, -0.05) is 29.8 Å². The van der Waals surface area contributed by atoms with Crippen molar-refractivity contribution in [1.29, 1.82) is 0 Å². The van der Waals surface area contributed by atoms with Crippen molar-refractivity contribution < 1.29 is 14.3 Å². The van der Waals surface area contributed by atoms with Crippen molar-refractivity contribution in [3.05, 3.63) is 76.3 Å². The van der Waals surface area contributed by atoms with Crippen LogP contribution in [0, 0.1) is 25.2 Å². The molecule has 1 aromatic heterocycles. The van der Waals surface area contributed by atoms with Gasteiger partial charge in [-0.15, -0.1) is 0 Å². The van der Waals surface area contributed by atoms with Gasteiger partial charge in [-0.05, 0) is 98.6 Å². The first kappa shape index (κ1) is 24.0. The number of methoxy groups -OCH3 is 1. The number of benzene rings is 2. The molecule has 3 heterocycles. The van der Waals surface area contributed by atoms with Crippen molar-refractivity contribution in [2.75, 3.05) is 38.2 Å². The fourth-order valence-electron chi connectivity index (χ4n) is 6.21. The van der Waals surface area contributed by atoms with Crippen LogP contribution in [0.2, 0.25) is 0 Å². The number of carbonyl (C=O) groups is 1. The summed E-state index contributed by atoms with van der Waals surface area (Å²) in [6.07, 6.45) is 3.07. The zero-order valence-corrected chi connectivity index (χ0v) is 22.0. The molecule has 0 bridgehead atoms. The van der Waals surface area contributed by atoms with Gasteiger partial charge in [0, 0.05) is 18.7 Å². The van der Waals surface area contributed by atoms with Crippen molar-refractivity contribution in [2.24, 2.45) is 11.3 Å². The van der Waals surface area contributed by atoms with E-state index in [1.54, 1.807) is 0 Å². The van der Waals surface area contributed by atoms with Gasteiger partial charge in [-0.3, -0.25) is 4.79 Å². The van der Waals surface area contributed by atoms with E-state index in [1.807, 2.05) is 18.2 Å². The third-order valence-corrected chi connectivity index (χ3v) is 8.52. The molecule has 192 valence electrons. The number of pyridine rings is 1. The Morgan fingerprint density at radius 3 is 2.86 bits per heavy atom. The average molecular weight is 498 g/mol. The van der Waals surface area contributed by atoms with Gasteiger partial charge in [-0.25, -0.2) is 4.98 Å². The van der Waals surface area contributed by atoms with E-state index in [2.05, 4.69) is 54.4 Å². The Hall–Kier alpha value is -3.38. The number of nitrogens with zero attached hydrogens (tertiary/aromatic N) is 2. The number of rotatable bonds is 6. The molecule has 1 saturated heterocycles. The lowest BCUT2D eigenvalue weighted by Gasteiger charge is -2.22. The first-order valence-electron chi connectivity index (χ1n) is 13.3. The summed E-state index contributed by atoms with van der Waals surface area (Å²) < 4.78 is 11.5. The standard InChI is InChI=1S/C31H35N3O3/c1-20-7-10-28(37-18-23-9-8-22-11-13-32-14-12-25(22)21(23)2)26(15-20)27-5-4-6-29(33-27)34-17-24-16-31(24,19-34)30(35)36-3/h4-10,15,24,32H,11-14,16-19H2,1-3H3/t24-,31-/m0/s1. The summed E-state index contributed by atoms with van der Waals surface area (Å²) in [4.78, 5) is 19.6. The number of fused-ring (bicyclic) bond motifs is 2. The van der Waals surface area contributed by atoms with Crippen molar-refractivity contribution in [3.8, 4) is 17.0 Å². The molecule has 6 nitrogen and oxygen atoms in total. The minimum absolute atomic E-state index is 0.0881. The molecule has 2 fully saturated rings. The summed E-state index contributed by atoms with van der Waals surface area (Å²) in [5.41, 5.74) is 8.20. The number of nitrogens with one attached hydrogen (secondary N) is 1. The van der Waals surface area contributed by atoms with Crippen molar-refractivity contribution in [1.82, 2.24) is 10.3 Å². The van der Waals surface area contributed by atoms with Crippen LogP contribution in [0.5, 0.6) is 5.75 Å². The molecular weight excluding hydrogens is 462 g/mol. The molecule has 1 saturated carbocycles. The summed E-state index contributed by atoms with van der Waals surface area (Å²) in [6.45, 7) is 8.43. The van der Waals surface area contributed by atoms with Crippen LogP contribution in [0.1, 0.15) is 34.2 Å². The average Bonchev–Trinajstić information content (AvgIpc) is 3.58. The zero-order chi connectivity index (χ0) is 25.6. The third-order valence-electron chi connectivity index (χ3n) is 8.52. The van der Waals surface area contributed by atoms with Gasteiger partial charge in [0.1, 0.15) is 18.2 Å². The van der Waals surface area contributed by atoms with Crippen LogP contribution in [0.15, 0.2) is 48.5 Å². The molecule has 2 aromatic carbocycles. The number of aromatic nitrogens is 1. The molecule has 2 atom stereocenters. The molecule has 0 unspecified atom stereocenters. The van der Waals surface area contributed by atoms with E-state index >= 15 is 0 Å². The predicted molar refractivity (Wildman–Crippen MR) is 145 cm³/mol. The van der Waals surface area contributed by atoms with Gasteiger partial charge >= 0.3 is 5.97 Å². The lowest BCUT2D eigenvalue weighted by atomic mass is 9.94. The first-order valence-corrected chi connectivity index (χ1v) is 13.3. The molecule has 1 aliphatic carbocycles. The van der Waals surface area contributed by atoms with E-state index in [-0.39, 0.29) is 11.4 Å².